The van der Waals surface area contributed by atoms with E-state index in [4.69, 9.17) is 4.74 Å². The Morgan fingerprint density at radius 2 is 1.82 bits per heavy atom. The quantitative estimate of drug-likeness (QED) is 0.608. The summed E-state index contributed by atoms with van der Waals surface area (Å²) in [5.41, 5.74) is 0. The van der Waals surface area contributed by atoms with Crippen molar-refractivity contribution in [3.63, 3.8) is 0 Å². The molecular formula is C12H19N3O2. The van der Waals surface area contributed by atoms with Gasteiger partial charge in [-0.1, -0.05) is 18.2 Å². The van der Waals surface area contributed by atoms with E-state index in [-0.39, 0.29) is 6.03 Å². The van der Waals surface area contributed by atoms with Crippen molar-refractivity contribution in [1.29, 1.82) is 0 Å². The molecule has 0 heterocycles. The summed E-state index contributed by atoms with van der Waals surface area (Å²) in [6.45, 7) is 2.32. The van der Waals surface area contributed by atoms with Crippen LogP contribution in [0.25, 0.3) is 0 Å². The molecule has 94 valence electrons. The van der Waals surface area contributed by atoms with Gasteiger partial charge in [0.1, 0.15) is 12.4 Å². The monoisotopic (exact) mass is 237 g/mol. The number of urea groups is 1. The Hall–Kier alpha value is -1.75. The summed E-state index contributed by atoms with van der Waals surface area (Å²) in [4.78, 5) is 11.2. The summed E-state index contributed by atoms with van der Waals surface area (Å²) in [7, 11) is 1.84. The van der Waals surface area contributed by atoms with E-state index in [0.29, 0.717) is 19.7 Å². The number of hydrogen-bond donors (Lipinski definition) is 3. The van der Waals surface area contributed by atoms with Gasteiger partial charge in [-0.2, -0.15) is 0 Å². The van der Waals surface area contributed by atoms with Crippen LogP contribution in [0.1, 0.15) is 0 Å². The molecule has 5 heteroatoms. The zero-order valence-corrected chi connectivity index (χ0v) is 10.0. The van der Waals surface area contributed by atoms with Crippen LogP contribution in [0.4, 0.5) is 4.79 Å². The fraction of sp³-hybridized carbons (Fsp3) is 0.417. The van der Waals surface area contributed by atoms with Gasteiger partial charge >= 0.3 is 6.03 Å². The van der Waals surface area contributed by atoms with Gasteiger partial charge in [-0.15, -0.1) is 0 Å². The summed E-state index contributed by atoms with van der Waals surface area (Å²) < 4.78 is 5.43. The number of para-hydroxylation sites is 1. The zero-order chi connectivity index (χ0) is 12.3. The molecule has 0 saturated heterocycles. The molecule has 0 aliphatic heterocycles. The SMILES string of the molecule is CNCCNC(=O)NCCOc1ccccc1. The summed E-state index contributed by atoms with van der Waals surface area (Å²) in [5.74, 6) is 0.810. The van der Waals surface area contributed by atoms with Gasteiger partial charge in [-0.25, -0.2) is 4.79 Å². The Kier molecular flexibility index (Phi) is 6.59. The Labute approximate surface area is 102 Å². The van der Waals surface area contributed by atoms with Crippen LogP contribution in [0, 0.1) is 0 Å². The second-order valence-electron chi connectivity index (χ2n) is 3.45. The maximum atomic E-state index is 11.2. The number of rotatable bonds is 7. The Balaban J connectivity index is 2.02. The van der Waals surface area contributed by atoms with Crippen LogP contribution in [0.15, 0.2) is 30.3 Å². The van der Waals surface area contributed by atoms with E-state index in [2.05, 4.69) is 16.0 Å². The molecule has 3 N–H and O–H groups in total. The Morgan fingerprint density at radius 3 is 2.53 bits per heavy atom. The van der Waals surface area contributed by atoms with E-state index in [0.717, 1.165) is 12.3 Å². The Bertz CT molecular complexity index is 317. The summed E-state index contributed by atoms with van der Waals surface area (Å²) in [6, 6.07) is 9.35. The van der Waals surface area contributed by atoms with Crippen molar-refractivity contribution in [2.24, 2.45) is 0 Å². The second kappa shape index (κ2) is 8.41. The molecule has 0 saturated carbocycles. The van der Waals surface area contributed by atoms with E-state index >= 15 is 0 Å². The van der Waals surface area contributed by atoms with E-state index in [1.807, 2.05) is 37.4 Å². The second-order valence-corrected chi connectivity index (χ2v) is 3.45. The predicted molar refractivity (Wildman–Crippen MR) is 67.3 cm³/mol. The molecule has 0 aromatic heterocycles. The highest BCUT2D eigenvalue weighted by Gasteiger charge is 1.97. The lowest BCUT2D eigenvalue weighted by atomic mass is 10.3. The first-order valence-electron chi connectivity index (χ1n) is 5.67. The number of nitrogens with one attached hydrogen (secondary N) is 3. The zero-order valence-electron chi connectivity index (χ0n) is 10.0. The van der Waals surface area contributed by atoms with Crippen molar-refractivity contribution >= 4 is 6.03 Å². The smallest absolute Gasteiger partial charge is 0.314 e. The molecular weight excluding hydrogens is 218 g/mol. The van der Waals surface area contributed by atoms with Gasteiger partial charge in [0.2, 0.25) is 0 Å². The van der Waals surface area contributed by atoms with E-state index in [1.54, 1.807) is 0 Å². The van der Waals surface area contributed by atoms with Crippen molar-refractivity contribution < 1.29 is 9.53 Å². The standard InChI is InChI=1S/C12H19N3O2/c1-13-7-8-14-12(16)15-9-10-17-11-5-3-2-4-6-11/h2-6,13H,7-10H2,1H3,(H2,14,15,16). The molecule has 0 atom stereocenters. The molecule has 0 bridgehead atoms. The number of benzene rings is 1. The third kappa shape index (κ3) is 6.42. The molecule has 1 aromatic carbocycles. The van der Waals surface area contributed by atoms with Gasteiger partial charge < -0.3 is 20.7 Å². The molecule has 0 radical (unpaired) electrons. The third-order valence-electron chi connectivity index (χ3n) is 2.06. The number of likely N-dealkylation sites (N-methyl/N-ethyl adjacent to an activating group) is 1. The molecule has 0 unspecified atom stereocenters. The summed E-state index contributed by atoms with van der Waals surface area (Å²) in [6.07, 6.45) is 0. The average Bonchev–Trinajstić information content (AvgIpc) is 2.36. The van der Waals surface area contributed by atoms with Crippen molar-refractivity contribution in [2.45, 2.75) is 0 Å². The van der Waals surface area contributed by atoms with Crippen LogP contribution < -0.4 is 20.7 Å². The fourth-order valence-electron chi connectivity index (χ4n) is 1.21. The Morgan fingerprint density at radius 1 is 1.12 bits per heavy atom. The average molecular weight is 237 g/mol. The number of carbonyl (C=O) groups excluding carboxylic acids is 1. The lowest BCUT2D eigenvalue weighted by Gasteiger charge is -2.08. The lowest BCUT2D eigenvalue weighted by molar-refractivity contribution is 0.236. The maximum Gasteiger partial charge on any atom is 0.314 e. The van der Waals surface area contributed by atoms with Crippen LogP contribution in [0.5, 0.6) is 5.75 Å². The van der Waals surface area contributed by atoms with Crippen LogP contribution in [-0.2, 0) is 0 Å². The van der Waals surface area contributed by atoms with E-state index in [9.17, 15) is 4.79 Å². The highest BCUT2D eigenvalue weighted by Crippen LogP contribution is 2.07. The van der Waals surface area contributed by atoms with Crippen LogP contribution >= 0.6 is 0 Å². The number of ether oxygens (including phenoxy) is 1. The molecule has 17 heavy (non-hydrogen) atoms. The van der Waals surface area contributed by atoms with Gasteiger partial charge in [0.05, 0.1) is 6.54 Å². The van der Waals surface area contributed by atoms with Gasteiger partial charge in [0.25, 0.3) is 0 Å². The van der Waals surface area contributed by atoms with Crippen molar-refractivity contribution in [3.8, 4) is 5.75 Å². The van der Waals surface area contributed by atoms with Gasteiger partial charge in [0.15, 0.2) is 0 Å². The molecule has 0 aliphatic carbocycles. The van der Waals surface area contributed by atoms with Crippen molar-refractivity contribution in [1.82, 2.24) is 16.0 Å². The summed E-state index contributed by atoms with van der Waals surface area (Å²) in [5, 5.41) is 8.37. The van der Waals surface area contributed by atoms with Crippen molar-refractivity contribution in [3.05, 3.63) is 30.3 Å². The number of hydrogen-bond acceptors (Lipinski definition) is 3. The van der Waals surface area contributed by atoms with Crippen LogP contribution in [0.3, 0.4) is 0 Å². The predicted octanol–water partition coefficient (Wildman–Crippen LogP) is 0.584. The minimum atomic E-state index is -0.170. The maximum absolute atomic E-state index is 11.2. The number of carbonyl (C=O) groups is 1. The van der Waals surface area contributed by atoms with Crippen LogP contribution in [0.2, 0.25) is 0 Å². The lowest BCUT2D eigenvalue weighted by Crippen LogP contribution is -2.40. The molecule has 0 spiro atoms. The normalized spacial score (nSPS) is 9.71. The highest BCUT2D eigenvalue weighted by atomic mass is 16.5. The minimum Gasteiger partial charge on any atom is -0.492 e. The van der Waals surface area contributed by atoms with E-state index < -0.39 is 0 Å². The van der Waals surface area contributed by atoms with Crippen molar-refractivity contribution in [2.75, 3.05) is 33.3 Å². The first-order valence-corrected chi connectivity index (χ1v) is 5.67. The molecule has 0 fully saturated rings. The molecule has 5 nitrogen and oxygen atoms in total. The molecule has 0 aliphatic rings. The molecule has 1 aromatic rings. The molecule has 2 amide bonds. The fourth-order valence-corrected chi connectivity index (χ4v) is 1.21. The van der Waals surface area contributed by atoms with Gasteiger partial charge in [-0.3, -0.25) is 0 Å². The van der Waals surface area contributed by atoms with E-state index in [1.165, 1.54) is 0 Å². The first-order chi connectivity index (χ1) is 8.33. The van der Waals surface area contributed by atoms with Gasteiger partial charge in [-0.05, 0) is 19.2 Å². The largest absolute Gasteiger partial charge is 0.492 e. The minimum absolute atomic E-state index is 0.170. The summed E-state index contributed by atoms with van der Waals surface area (Å²) >= 11 is 0. The number of amides is 2. The van der Waals surface area contributed by atoms with Gasteiger partial charge in [0, 0.05) is 13.1 Å². The highest BCUT2D eigenvalue weighted by molar-refractivity contribution is 5.73. The first kappa shape index (κ1) is 13.3. The van der Waals surface area contributed by atoms with Crippen LogP contribution in [-0.4, -0.2) is 39.3 Å². The topological polar surface area (TPSA) is 62.4 Å². The third-order valence-corrected chi connectivity index (χ3v) is 2.06. The molecule has 1 rings (SSSR count).